The molecular weight excluding hydrogens is 239 g/mol. The van der Waals surface area contributed by atoms with Crippen molar-refractivity contribution in [3.05, 3.63) is 35.6 Å². The van der Waals surface area contributed by atoms with Crippen molar-refractivity contribution >= 4 is 19.4 Å². The Morgan fingerprint density at radius 1 is 1.36 bits per heavy atom. The number of aryl methyl sites for hydroxylation is 1. The predicted molar refractivity (Wildman–Crippen MR) is 42.8 cm³/mol. The second-order valence-corrected chi connectivity index (χ2v) is 6.52. The fraction of sp³-hybridized carbons (Fsp3) is 0.143. The quantitative estimate of drug-likeness (QED) is 0.615. The van der Waals surface area contributed by atoms with E-state index >= 15 is 0 Å². The van der Waals surface area contributed by atoms with Gasteiger partial charge in [0.15, 0.2) is 0 Å². The molecule has 0 atom stereocenters. The first-order chi connectivity index (χ1) is 5.20. The summed E-state index contributed by atoms with van der Waals surface area (Å²) in [7, 11) is 9.90. The van der Waals surface area contributed by atoms with Gasteiger partial charge in [-0.05, 0) is 24.6 Å². The molecule has 0 nitrogen and oxygen atoms in total. The Balaban J connectivity index is 0.000000292. The van der Waals surface area contributed by atoms with Crippen LogP contribution >= 0.6 is 19.4 Å². The number of halogens is 3. The monoisotopic (exact) mass is 244 g/mol. The van der Waals surface area contributed by atoms with E-state index in [-0.39, 0.29) is 5.82 Å². The van der Waals surface area contributed by atoms with E-state index in [1.54, 1.807) is 6.07 Å². The average molecular weight is 246 g/mol. The van der Waals surface area contributed by atoms with Gasteiger partial charge in [0.25, 0.3) is 0 Å². The van der Waals surface area contributed by atoms with Crippen LogP contribution in [-0.2, 0) is 15.1 Å². The van der Waals surface area contributed by atoms with Gasteiger partial charge in [0.1, 0.15) is 5.82 Å². The van der Waals surface area contributed by atoms with Gasteiger partial charge in [-0.3, -0.25) is 0 Å². The van der Waals surface area contributed by atoms with Gasteiger partial charge in [0.2, 0.25) is 0 Å². The van der Waals surface area contributed by atoms with E-state index in [0.29, 0.717) is 0 Å². The summed E-state index contributed by atoms with van der Waals surface area (Å²) in [6, 6.07) is 6.50. The molecule has 0 radical (unpaired) electrons. The van der Waals surface area contributed by atoms with Gasteiger partial charge in [-0.1, -0.05) is 12.1 Å². The van der Waals surface area contributed by atoms with Crippen LogP contribution in [0.2, 0.25) is 0 Å². The Labute approximate surface area is 81.4 Å². The summed E-state index contributed by atoms with van der Waals surface area (Å²) in [6.45, 7) is 1.86. The van der Waals surface area contributed by atoms with E-state index in [1.165, 1.54) is 12.1 Å². The summed E-state index contributed by atoms with van der Waals surface area (Å²) in [5.41, 5.74) is 0.963. The van der Waals surface area contributed by atoms with E-state index in [2.05, 4.69) is 0 Å². The minimum atomic E-state index is -0.931. The van der Waals surface area contributed by atoms with Gasteiger partial charge < -0.3 is 0 Å². The van der Waals surface area contributed by atoms with Crippen LogP contribution in [0.5, 0.6) is 0 Å². The summed E-state index contributed by atoms with van der Waals surface area (Å²) in [6.07, 6.45) is 0. The normalized spacial score (nSPS) is 7.64. The molecule has 0 spiro atoms. The molecule has 0 aliphatic heterocycles. The molecule has 1 aromatic rings. The Bertz CT molecular complexity index is 188. The zero-order valence-electron chi connectivity index (χ0n) is 6.15. The third kappa shape index (κ3) is 6.74. The number of rotatable bonds is 0. The van der Waals surface area contributed by atoms with Gasteiger partial charge in [0, 0.05) is 0 Å². The Hall–Kier alpha value is 0.353. The van der Waals surface area contributed by atoms with E-state index in [9.17, 15) is 4.39 Å². The van der Waals surface area contributed by atoms with Crippen LogP contribution in [0.1, 0.15) is 5.56 Å². The third-order valence-corrected chi connectivity index (χ3v) is 0.980. The second kappa shape index (κ2) is 7.03. The van der Waals surface area contributed by atoms with Crippen LogP contribution in [0.3, 0.4) is 0 Å². The first-order valence-corrected chi connectivity index (χ1v) is 10.8. The minimum absolute atomic E-state index is 0.162. The first-order valence-electron chi connectivity index (χ1n) is 3.04. The molecule has 0 saturated heterocycles. The summed E-state index contributed by atoms with van der Waals surface area (Å²) in [4.78, 5) is 0. The zero-order chi connectivity index (χ0) is 8.69. The summed E-state index contributed by atoms with van der Waals surface area (Å²) in [5, 5.41) is 0. The van der Waals surface area contributed by atoms with Crippen LogP contribution in [0, 0.1) is 12.7 Å². The van der Waals surface area contributed by atoms with Crippen molar-refractivity contribution in [1.29, 1.82) is 0 Å². The van der Waals surface area contributed by atoms with Gasteiger partial charge in [-0.15, -0.1) is 0 Å². The van der Waals surface area contributed by atoms with Crippen molar-refractivity contribution in [2.24, 2.45) is 0 Å². The molecule has 0 bridgehead atoms. The Morgan fingerprint density at radius 2 is 1.91 bits per heavy atom. The molecule has 0 N–H and O–H groups in total. The molecule has 4 heteroatoms. The summed E-state index contributed by atoms with van der Waals surface area (Å²) >= 11 is -0.931. The molecule has 0 unspecified atom stereocenters. The summed E-state index contributed by atoms with van der Waals surface area (Å²) in [5.74, 6) is -0.162. The van der Waals surface area contributed by atoms with Crippen LogP contribution in [0.25, 0.3) is 0 Å². The molecule has 0 heterocycles. The molecule has 0 aromatic heterocycles. The SMILES string of the molecule is Cc1cccc(F)c1.[Cl][Zn][Cl]. The number of hydrogen-bond donors (Lipinski definition) is 0. The van der Waals surface area contributed by atoms with Gasteiger partial charge in [-0.2, -0.15) is 0 Å². The van der Waals surface area contributed by atoms with Crippen molar-refractivity contribution in [3.63, 3.8) is 0 Å². The van der Waals surface area contributed by atoms with Crippen molar-refractivity contribution in [3.8, 4) is 0 Å². The number of benzene rings is 1. The fourth-order valence-corrected chi connectivity index (χ4v) is 0.606. The molecule has 0 fully saturated rings. The van der Waals surface area contributed by atoms with Crippen LogP contribution in [0.4, 0.5) is 4.39 Å². The molecule has 1 aromatic carbocycles. The fourth-order valence-electron chi connectivity index (χ4n) is 0.606. The van der Waals surface area contributed by atoms with Crippen LogP contribution < -0.4 is 0 Å². The molecule has 0 aliphatic rings. The molecule has 1 rings (SSSR count). The van der Waals surface area contributed by atoms with Crippen LogP contribution in [0.15, 0.2) is 24.3 Å². The van der Waals surface area contributed by atoms with Crippen molar-refractivity contribution in [1.82, 2.24) is 0 Å². The van der Waals surface area contributed by atoms with Crippen molar-refractivity contribution in [2.45, 2.75) is 6.92 Å². The molecule has 11 heavy (non-hydrogen) atoms. The molecule has 0 aliphatic carbocycles. The average Bonchev–Trinajstić information content (AvgIpc) is 1.88. The standard InChI is InChI=1S/C7H7F.2ClH.Zn/c1-6-3-2-4-7(8)5-6;;;/h2-5H,1H3;2*1H;/q;;;+2/p-2. The molecule has 58 valence electrons. The van der Waals surface area contributed by atoms with E-state index < -0.39 is 15.1 Å². The Kier molecular flexibility index (Phi) is 7.25. The zero-order valence-corrected chi connectivity index (χ0v) is 10.6. The van der Waals surface area contributed by atoms with Crippen molar-refractivity contribution in [2.75, 3.05) is 0 Å². The van der Waals surface area contributed by atoms with Crippen LogP contribution in [-0.4, -0.2) is 0 Å². The maximum absolute atomic E-state index is 12.2. The topological polar surface area (TPSA) is 0 Å². The Morgan fingerprint density at radius 3 is 2.18 bits per heavy atom. The van der Waals surface area contributed by atoms with Gasteiger partial charge in [-0.25, -0.2) is 4.39 Å². The molecule has 0 saturated carbocycles. The maximum atomic E-state index is 12.2. The van der Waals surface area contributed by atoms with E-state index in [1.807, 2.05) is 13.0 Å². The van der Waals surface area contributed by atoms with Gasteiger partial charge >= 0.3 is 34.5 Å². The predicted octanol–water partition coefficient (Wildman–Crippen LogP) is 3.51. The molecular formula is C7H7Cl2FZn. The van der Waals surface area contributed by atoms with Gasteiger partial charge in [0.05, 0.1) is 0 Å². The van der Waals surface area contributed by atoms with E-state index in [4.69, 9.17) is 19.4 Å². The summed E-state index contributed by atoms with van der Waals surface area (Å²) < 4.78 is 12.2. The second-order valence-electron chi connectivity index (χ2n) is 1.90. The third-order valence-electron chi connectivity index (χ3n) is 0.980. The number of hydrogen-bond acceptors (Lipinski definition) is 0. The van der Waals surface area contributed by atoms with E-state index in [0.717, 1.165) is 5.56 Å². The first kappa shape index (κ1) is 11.4. The van der Waals surface area contributed by atoms with Crippen molar-refractivity contribution < 1.29 is 19.5 Å². The molecule has 0 amide bonds.